The summed E-state index contributed by atoms with van der Waals surface area (Å²) in [6.45, 7) is 3.02. The van der Waals surface area contributed by atoms with E-state index in [0.717, 1.165) is 19.6 Å². The molecule has 5 nitrogen and oxygen atoms in total. The van der Waals surface area contributed by atoms with Gasteiger partial charge in [0.05, 0.1) is 11.1 Å². The Labute approximate surface area is 124 Å². The third kappa shape index (κ3) is 3.07. The third-order valence-electron chi connectivity index (χ3n) is 4.34. The normalized spacial score (nSPS) is 26.8. The van der Waals surface area contributed by atoms with Crippen LogP contribution in [-0.2, 0) is 0 Å². The molecule has 1 aromatic rings. The van der Waals surface area contributed by atoms with Crippen molar-refractivity contribution in [1.29, 1.82) is 0 Å². The van der Waals surface area contributed by atoms with Crippen molar-refractivity contribution in [3.8, 4) is 11.8 Å². The fourth-order valence-corrected chi connectivity index (χ4v) is 3.20. The lowest BCUT2D eigenvalue weighted by molar-refractivity contribution is 0.0620. The minimum atomic E-state index is -0.227. The number of nitrogens with zero attached hydrogens (tertiary/aromatic N) is 2. The molecule has 2 N–H and O–H groups in total. The Morgan fingerprint density at radius 3 is 2.95 bits per heavy atom. The summed E-state index contributed by atoms with van der Waals surface area (Å²) in [5.74, 6) is 5.84. The minimum absolute atomic E-state index is 0.0987. The molecule has 1 aromatic heterocycles. The number of carbonyl (C=O) groups is 1. The van der Waals surface area contributed by atoms with E-state index in [1.807, 2.05) is 0 Å². The Morgan fingerprint density at radius 2 is 2.29 bits per heavy atom. The molecule has 0 aliphatic carbocycles. The fourth-order valence-electron chi connectivity index (χ4n) is 3.20. The maximum Gasteiger partial charge on any atom is 0.252 e. The average molecular weight is 285 g/mol. The molecule has 4 heterocycles. The van der Waals surface area contributed by atoms with Crippen LogP contribution in [-0.4, -0.2) is 53.2 Å². The second-order valence-electron chi connectivity index (χ2n) is 5.60. The predicted molar refractivity (Wildman–Crippen MR) is 78.6 cm³/mol. The Bertz CT molecular complexity index is 583. The Morgan fingerprint density at radius 1 is 1.48 bits per heavy atom. The van der Waals surface area contributed by atoms with Crippen molar-refractivity contribution in [3.05, 3.63) is 29.6 Å². The molecule has 1 amide bonds. The maximum absolute atomic E-state index is 12.5. The molecule has 5 heteroatoms. The zero-order valence-corrected chi connectivity index (χ0v) is 11.9. The quantitative estimate of drug-likeness (QED) is 0.765. The van der Waals surface area contributed by atoms with Crippen LogP contribution in [0.25, 0.3) is 0 Å². The number of nitrogens with one attached hydrogen (secondary N) is 1. The molecule has 1 atom stereocenters. The van der Waals surface area contributed by atoms with E-state index in [4.69, 9.17) is 5.11 Å². The van der Waals surface area contributed by atoms with E-state index in [1.165, 1.54) is 12.8 Å². The summed E-state index contributed by atoms with van der Waals surface area (Å²) in [6.07, 6.45) is 5.49. The molecule has 0 aromatic carbocycles. The molecule has 0 radical (unpaired) electrons. The van der Waals surface area contributed by atoms with Crippen LogP contribution in [0.4, 0.5) is 0 Å². The Kier molecular flexibility index (Phi) is 4.18. The summed E-state index contributed by atoms with van der Waals surface area (Å²) in [6, 6.07) is 1.91. The van der Waals surface area contributed by atoms with E-state index in [9.17, 15) is 4.79 Å². The van der Waals surface area contributed by atoms with Crippen molar-refractivity contribution < 1.29 is 9.90 Å². The van der Waals surface area contributed by atoms with E-state index in [-0.39, 0.29) is 18.6 Å². The van der Waals surface area contributed by atoms with Gasteiger partial charge in [-0.15, -0.1) is 0 Å². The first-order chi connectivity index (χ1) is 10.3. The van der Waals surface area contributed by atoms with E-state index in [1.54, 1.807) is 18.5 Å². The smallest absolute Gasteiger partial charge is 0.252 e. The highest BCUT2D eigenvalue weighted by Crippen LogP contribution is 2.27. The molecule has 1 unspecified atom stereocenters. The predicted octanol–water partition coefficient (Wildman–Crippen LogP) is 0.249. The van der Waals surface area contributed by atoms with Gasteiger partial charge in [-0.3, -0.25) is 9.78 Å². The van der Waals surface area contributed by atoms with Crippen molar-refractivity contribution in [3.63, 3.8) is 0 Å². The van der Waals surface area contributed by atoms with Gasteiger partial charge in [0, 0.05) is 25.0 Å². The van der Waals surface area contributed by atoms with Crippen LogP contribution in [0.5, 0.6) is 0 Å². The monoisotopic (exact) mass is 285 g/mol. The van der Waals surface area contributed by atoms with Crippen molar-refractivity contribution >= 4 is 5.91 Å². The maximum atomic E-state index is 12.5. The first-order valence-electron chi connectivity index (χ1n) is 7.35. The summed E-state index contributed by atoms with van der Waals surface area (Å²) in [5.41, 5.74) is 1.09. The summed E-state index contributed by atoms with van der Waals surface area (Å²) < 4.78 is 0. The van der Waals surface area contributed by atoms with Crippen LogP contribution >= 0.6 is 0 Å². The number of amides is 1. The number of aliphatic hydroxyl groups is 1. The van der Waals surface area contributed by atoms with Gasteiger partial charge in [0.25, 0.3) is 5.91 Å². The number of piperidine rings is 3. The number of rotatable bonds is 2. The number of hydrogen-bond acceptors (Lipinski definition) is 4. The van der Waals surface area contributed by atoms with Crippen LogP contribution in [0, 0.1) is 17.8 Å². The van der Waals surface area contributed by atoms with Gasteiger partial charge in [0.1, 0.15) is 6.61 Å². The van der Waals surface area contributed by atoms with Gasteiger partial charge < -0.3 is 15.3 Å². The van der Waals surface area contributed by atoms with Crippen LogP contribution in [0.2, 0.25) is 0 Å². The van der Waals surface area contributed by atoms with Gasteiger partial charge >= 0.3 is 0 Å². The van der Waals surface area contributed by atoms with Gasteiger partial charge in [-0.05, 0) is 37.9 Å². The molecule has 2 bridgehead atoms. The number of aliphatic hydroxyl groups excluding tert-OH is 1. The molecule has 0 saturated carbocycles. The first kappa shape index (κ1) is 14.1. The zero-order chi connectivity index (χ0) is 14.7. The molecule has 4 rings (SSSR count). The summed E-state index contributed by atoms with van der Waals surface area (Å²) in [5, 5.41) is 11.9. The van der Waals surface area contributed by atoms with Crippen molar-refractivity contribution in [1.82, 2.24) is 15.2 Å². The van der Waals surface area contributed by atoms with E-state index >= 15 is 0 Å². The Balaban J connectivity index is 1.74. The highest BCUT2D eigenvalue weighted by atomic mass is 16.2. The number of pyridine rings is 1. The van der Waals surface area contributed by atoms with Gasteiger partial charge in [0.15, 0.2) is 0 Å². The number of aromatic nitrogens is 1. The highest BCUT2D eigenvalue weighted by Gasteiger charge is 2.35. The lowest BCUT2D eigenvalue weighted by Crippen LogP contribution is -2.57. The van der Waals surface area contributed by atoms with Crippen LogP contribution in [0.1, 0.15) is 28.8 Å². The minimum Gasteiger partial charge on any atom is -0.384 e. The van der Waals surface area contributed by atoms with E-state index in [0.29, 0.717) is 17.0 Å². The SMILES string of the molecule is O=C(NC1CN2CCC1CC2)c1ccncc1C#CCO. The highest BCUT2D eigenvalue weighted by molar-refractivity contribution is 5.96. The van der Waals surface area contributed by atoms with Crippen LogP contribution in [0.15, 0.2) is 18.5 Å². The van der Waals surface area contributed by atoms with Gasteiger partial charge in [-0.25, -0.2) is 0 Å². The molecule has 0 spiro atoms. The lowest BCUT2D eigenvalue weighted by atomic mass is 9.84. The third-order valence-corrected chi connectivity index (χ3v) is 4.34. The number of fused-ring (bicyclic) bond motifs is 3. The van der Waals surface area contributed by atoms with Gasteiger partial charge in [-0.1, -0.05) is 11.8 Å². The summed E-state index contributed by atoms with van der Waals surface area (Å²) >= 11 is 0. The van der Waals surface area contributed by atoms with Gasteiger partial charge in [0.2, 0.25) is 0 Å². The average Bonchev–Trinajstić information content (AvgIpc) is 2.54. The molecule has 3 fully saturated rings. The zero-order valence-electron chi connectivity index (χ0n) is 11.9. The standard InChI is InChI=1S/C16H19N3O2/c20-9-1-2-13-10-17-6-3-14(13)16(21)18-15-11-19-7-4-12(15)5-8-19/h3,6,10,12,15,20H,4-5,7-9,11H2,(H,18,21). The van der Waals surface area contributed by atoms with Crippen molar-refractivity contribution in [2.75, 3.05) is 26.2 Å². The molecular weight excluding hydrogens is 266 g/mol. The second-order valence-corrected chi connectivity index (χ2v) is 5.60. The largest absolute Gasteiger partial charge is 0.384 e. The molecule has 3 saturated heterocycles. The molecular formula is C16H19N3O2. The first-order valence-corrected chi connectivity index (χ1v) is 7.35. The van der Waals surface area contributed by atoms with Crippen LogP contribution in [0.3, 0.4) is 0 Å². The number of carbonyl (C=O) groups excluding carboxylic acids is 1. The van der Waals surface area contributed by atoms with E-state index < -0.39 is 0 Å². The van der Waals surface area contributed by atoms with E-state index in [2.05, 4.69) is 27.0 Å². The fraction of sp³-hybridized carbons (Fsp3) is 0.500. The lowest BCUT2D eigenvalue weighted by Gasteiger charge is -2.44. The summed E-state index contributed by atoms with van der Waals surface area (Å²) in [4.78, 5) is 18.9. The Hall–Kier alpha value is -1.90. The summed E-state index contributed by atoms with van der Waals surface area (Å²) in [7, 11) is 0. The van der Waals surface area contributed by atoms with Crippen LogP contribution < -0.4 is 5.32 Å². The van der Waals surface area contributed by atoms with Crippen molar-refractivity contribution in [2.24, 2.45) is 5.92 Å². The van der Waals surface area contributed by atoms with Gasteiger partial charge in [-0.2, -0.15) is 0 Å². The number of hydrogen-bond donors (Lipinski definition) is 2. The molecule has 21 heavy (non-hydrogen) atoms. The molecule has 110 valence electrons. The molecule has 3 aliphatic heterocycles. The van der Waals surface area contributed by atoms with Crippen molar-refractivity contribution in [2.45, 2.75) is 18.9 Å². The molecule has 3 aliphatic rings. The second kappa shape index (κ2) is 6.25. The topological polar surface area (TPSA) is 65.5 Å².